The minimum Gasteiger partial charge on any atom is -0.383 e. The topological polar surface area (TPSA) is 118 Å². The number of hydrogen-bond acceptors (Lipinski definition) is 5. The molecule has 2 aromatic rings. The number of rotatable bonds is 1. The van der Waals surface area contributed by atoms with E-state index in [-0.39, 0.29) is 22.4 Å². The van der Waals surface area contributed by atoms with Crippen molar-refractivity contribution in [3.63, 3.8) is 0 Å². The van der Waals surface area contributed by atoms with Crippen LogP contribution in [0.2, 0.25) is 0 Å². The van der Waals surface area contributed by atoms with E-state index in [9.17, 15) is 4.91 Å². The van der Waals surface area contributed by atoms with Crippen molar-refractivity contribution >= 4 is 28.4 Å². The summed E-state index contributed by atoms with van der Waals surface area (Å²) in [6, 6.07) is 4.32. The molecule has 0 spiro atoms. The first kappa shape index (κ1) is 9.13. The van der Waals surface area contributed by atoms with Gasteiger partial charge in [-0.25, -0.2) is 10.2 Å². The molecule has 0 amide bonds. The third-order valence-electron chi connectivity index (χ3n) is 1.95. The van der Waals surface area contributed by atoms with Gasteiger partial charge in [0.2, 0.25) is 5.95 Å². The van der Waals surface area contributed by atoms with Crippen LogP contribution in [0, 0.1) is 4.91 Å². The lowest BCUT2D eigenvalue weighted by Crippen LogP contribution is -2.01. The molecule has 5 N–H and O–H groups in total. The minimum atomic E-state index is -0.255. The van der Waals surface area contributed by atoms with Gasteiger partial charge in [0.15, 0.2) is 0 Å². The first-order valence-corrected chi connectivity index (χ1v) is 4.07. The maximum atomic E-state index is 10.6. The van der Waals surface area contributed by atoms with Crippen LogP contribution in [-0.2, 0) is 0 Å². The molecule has 0 aliphatic heterocycles. The summed E-state index contributed by atoms with van der Waals surface area (Å²) in [5.41, 5.74) is 11.6. The fraction of sp³-hybridized carbons (Fsp3) is 0. The van der Waals surface area contributed by atoms with Crippen LogP contribution in [0.15, 0.2) is 18.2 Å². The standard InChI is InChI=1S/C8H8N5O2/c9-7-5-3-4(13(14)15)1-2-6(5)11-8(10)12-7/h1-3H,(H,14,15)(H4,9,10,11,12)/q+1. The molecule has 0 saturated heterocycles. The highest BCUT2D eigenvalue weighted by molar-refractivity contribution is 5.90. The van der Waals surface area contributed by atoms with Crippen molar-refractivity contribution in [3.8, 4) is 0 Å². The summed E-state index contributed by atoms with van der Waals surface area (Å²) >= 11 is 0. The molecular weight excluding hydrogens is 198 g/mol. The van der Waals surface area contributed by atoms with Crippen molar-refractivity contribution in [1.29, 1.82) is 0 Å². The molecule has 0 atom stereocenters. The Bertz CT molecular complexity index is 554. The van der Waals surface area contributed by atoms with Gasteiger partial charge >= 0.3 is 5.69 Å². The van der Waals surface area contributed by atoms with Crippen LogP contribution in [0.5, 0.6) is 0 Å². The van der Waals surface area contributed by atoms with E-state index in [0.29, 0.717) is 10.9 Å². The van der Waals surface area contributed by atoms with E-state index >= 15 is 0 Å². The van der Waals surface area contributed by atoms with Gasteiger partial charge < -0.3 is 11.5 Å². The summed E-state index contributed by atoms with van der Waals surface area (Å²) in [6.07, 6.45) is 0. The Labute approximate surface area is 83.9 Å². The Morgan fingerprint density at radius 1 is 1.27 bits per heavy atom. The Morgan fingerprint density at radius 3 is 2.67 bits per heavy atom. The molecule has 1 aromatic heterocycles. The molecule has 15 heavy (non-hydrogen) atoms. The van der Waals surface area contributed by atoms with Gasteiger partial charge in [-0.15, -0.1) is 0 Å². The molecule has 76 valence electrons. The zero-order valence-corrected chi connectivity index (χ0v) is 7.58. The molecule has 0 aliphatic rings. The molecule has 1 aromatic carbocycles. The predicted molar refractivity (Wildman–Crippen MR) is 53.4 cm³/mol. The van der Waals surface area contributed by atoms with Crippen LogP contribution < -0.4 is 11.5 Å². The highest BCUT2D eigenvalue weighted by atomic mass is 16.6. The zero-order valence-electron chi connectivity index (χ0n) is 7.58. The lowest BCUT2D eigenvalue weighted by Gasteiger charge is -2.00. The molecule has 2 rings (SSSR count). The van der Waals surface area contributed by atoms with E-state index < -0.39 is 0 Å². The number of nitrogens with two attached hydrogens (primary N) is 2. The normalized spacial score (nSPS) is 10.4. The third kappa shape index (κ3) is 1.50. The predicted octanol–water partition coefficient (Wildman–Crippen LogP) is 0.594. The molecule has 7 nitrogen and oxygen atoms in total. The van der Waals surface area contributed by atoms with Gasteiger partial charge in [0.1, 0.15) is 5.82 Å². The average molecular weight is 206 g/mol. The second-order valence-corrected chi connectivity index (χ2v) is 2.94. The average Bonchev–Trinajstić information content (AvgIpc) is 2.16. The maximum absolute atomic E-state index is 10.6. The van der Waals surface area contributed by atoms with Crippen LogP contribution in [-0.4, -0.2) is 20.1 Å². The minimum absolute atomic E-state index is 0.0579. The molecule has 7 heteroatoms. The molecule has 1 heterocycles. The fourth-order valence-corrected chi connectivity index (χ4v) is 1.28. The van der Waals surface area contributed by atoms with Gasteiger partial charge in [0.25, 0.3) is 4.92 Å². The Morgan fingerprint density at radius 2 is 2.00 bits per heavy atom. The quantitative estimate of drug-likeness (QED) is 0.587. The smallest absolute Gasteiger partial charge is 0.317 e. The number of hydrogen-bond donors (Lipinski definition) is 3. The Kier molecular flexibility index (Phi) is 1.86. The highest BCUT2D eigenvalue weighted by Gasteiger charge is 2.14. The van der Waals surface area contributed by atoms with Crippen molar-refractivity contribution in [1.82, 2.24) is 9.97 Å². The first-order valence-electron chi connectivity index (χ1n) is 4.07. The van der Waals surface area contributed by atoms with E-state index in [4.69, 9.17) is 16.7 Å². The summed E-state index contributed by atoms with van der Waals surface area (Å²) in [4.78, 5) is 18.0. The van der Waals surface area contributed by atoms with E-state index in [1.807, 2.05) is 0 Å². The van der Waals surface area contributed by atoms with Crippen molar-refractivity contribution in [2.45, 2.75) is 0 Å². The van der Waals surface area contributed by atoms with Crippen LogP contribution in [0.1, 0.15) is 0 Å². The van der Waals surface area contributed by atoms with Gasteiger partial charge in [-0.05, 0) is 6.07 Å². The fourth-order valence-electron chi connectivity index (χ4n) is 1.28. The van der Waals surface area contributed by atoms with Crippen LogP contribution >= 0.6 is 0 Å². The van der Waals surface area contributed by atoms with Crippen molar-refractivity contribution in [2.75, 3.05) is 11.5 Å². The number of benzene rings is 1. The maximum Gasteiger partial charge on any atom is 0.317 e. The second kappa shape index (κ2) is 3.05. The lowest BCUT2D eigenvalue weighted by atomic mass is 10.2. The number of anilines is 2. The van der Waals surface area contributed by atoms with Gasteiger partial charge in [-0.3, -0.25) is 0 Å². The van der Waals surface area contributed by atoms with E-state index in [0.717, 1.165) is 0 Å². The van der Waals surface area contributed by atoms with Gasteiger partial charge in [-0.1, -0.05) is 0 Å². The first-order chi connectivity index (χ1) is 7.08. The van der Waals surface area contributed by atoms with Crippen LogP contribution in [0.3, 0.4) is 0 Å². The van der Waals surface area contributed by atoms with Crippen molar-refractivity contribution in [3.05, 3.63) is 23.1 Å². The summed E-state index contributed by atoms with van der Waals surface area (Å²) in [7, 11) is 0. The number of aromatic nitrogens is 2. The van der Waals surface area contributed by atoms with E-state index in [1.165, 1.54) is 18.2 Å². The molecular formula is C8H8N5O2+. The van der Waals surface area contributed by atoms with Crippen LogP contribution in [0.25, 0.3) is 10.9 Å². The van der Waals surface area contributed by atoms with Crippen LogP contribution in [0.4, 0.5) is 17.5 Å². The molecule has 0 saturated carbocycles. The summed E-state index contributed by atoms with van der Waals surface area (Å²) in [5.74, 6) is 0.233. The van der Waals surface area contributed by atoms with E-state index in [1.54, 1.807) is 0 Å². The molecule has 0 aliphatic carbocycles. The molecule has 0 bridgehead atoms. The van der Waals surface area contributed by atoms with Gasteiger partial charge in [0, 0.05) is 17.5 Å². The summed E-state index contributed by atoms with van der Waals surface area (Å²) in [6.45, 7) is 0. The van der Waals surface area contributed by atoms with Crippen molar-refractivity contribution < 1.29 is 10.1 Å². The Balaban J connectivity index is 2.76. The Hall–Kier alpha value is -2.44. The SMILES string of the molecule is Nc1nc(N)c2cc([N+](=O)O)ccc2n1. The number of fused-ring (bicyclic) bond motifs is 1. The molecule has 0 radical (unpaired) electrons. The molecule has 0 unspecified atom stereocenters. The van der Waals surface area contributed by atoms with Gasteiger partial charge in [-0.2, -0.15) is 4.98 Å². The third-order valence-corrected chi connectivity index (χ3v) is 1.95. The lowest BCUT2D eigenvalue weighted by molar-refractivity contribution is -0.729. The van der Waals surface area contributed by atoms with E-state index in [2.05, 4.69) is 9.97 Å². The summed E-state index contributed by atoms with van der Waals surface area (Å²) in [5, 5.41) is 9.17. The second-order valence-electron chi connectivity index (χ2n) is 2.94. The largest absolute Gasteiger partial charge is 0.383 e. The monoisotopic (exact) mass is 206 g/mol. The van der Waals surface area contributed by atoms with Gasteiger partial charge in [0.05, 0.1) is 10.4 Å². The summed E-state index contributed by atoms with van der Waals surface area (Å²) < 4.78 is 0. The highest BCUT2D eigenvalue weighted by Crippen LogP contribution is 2.23. The molecule has 0 fully saturated rings. The number of nitrogens with zero attached hydrogens (tertiary/aromatic N) is 3. The van der Waals surface area contributed by atoms with Crippen molar-refractivity contribution in [2.24, 2.45) is 0 Å². The number of nitrogen functional groups attached to an aromatic ring is 2. The zero-order chi connectivity index (χ0) is 11.0.